The lowest BCUT2D eigenvalue weighted by Gasteiger charge is -2.24. The molecule has 2 heterocycles. The third-order valence-corrected chi connectivity index (χ3v) is 5.53. The van der Waals surface area contributed by atoms with E-state index in [0.29, 0.717) is 36.6 Å². The molecule has 0 saturated carbocycles. The number of nitrogens with one attached hydrogen (secondary N) is 3. The van der Waals surface area contributed by atoms with E-state index in [1.165, 1.54) is 0 Å². The van der Waals surface area contributed by atoms with Crippen LogP contribution in [0.25, 0.3) is 11.2 Å². The molecule has 3 N–H and O–H groups in total. The highest BCUT2D eigenvalue weighted by molar-refractivity contribution is 6.27. The molecule has 0 saturated heterocycles. The molecular formula is C23H31ClN8O2. The third kappa shape index (κ3) is 6.34. The zero-order valence-corrected chi connectivity index (χ0v) is 20.5. The quantitative estimate of drug-likeness (QED) is 0.265. The molecule has 0 bridgehead atoms. The second-order valence-corrected chi connectivity index (χ2v) is 8.04. The van der Waals surface area contributed by atoms with Gasteiger partial charge in [-0.3, -0.25) is 9.59 Å². The van der Waals surface area contributed by atoms with Gasteiger partial charge in [-0.1, -0.05) is 13.8 Å². The SMILES string of the molecule is CCCN(CCCNC(=O)CCl)c1nc(Nc2ccc(N(C)C(=O)CC)cc2)nc2[nH]cnc12. The minimum absolute atomic E-state index is 0.0420. The summed E-state index contributed by atoms with van der Waals surface area (Å²) in [5.41, 5.74) is 2.95. The van der Waals surface area contributed by atoms with Crippen LogP contribution in [0.5, 0.6) is 0 Å². The van der Waals surface area contributed by atoms with E-state index in [-0.39, 0.29) is 17.7 Å². The van der Waals surface area contributed by atoms with Crippen molar-refractivity contribution in [2.45, 2.75) is 33.1 Å². The van der Waals surface area contributed by atoms with Gasteiger partial charge in [-0.25, -0.2) is 4.98 Å². The number of H-pyrrole nitrogens is 1. The van der Waals surface area contributed by atoms with Crippen molar-refractivity contribution in [3.05, 3.63) is 30.6 Å². The Hall–Kier alpha value is -3.40. The first-order valence-corrected chi connectivity index (χ1v) is 11.9. The maximum atomic E-state index is 11.9. The fourth-order valence-electron chi connectivity index (χ4n) is 3.51. The Labute approximate surface area is 204 Å². The Morgan fingerprint density at radius 3 is 2.56 bits per heavy atom. The first kappa shape index (κ1) is 25.2. The fraction of sp³-hybridized carbons (Fsp3) is 0.435. The van der Waals surface area contributed by atoms with Crippen molar-refractivity contribution in [1.82, 2.24) is 25.3 Å². The van der Waals surface area contributed by atoms with Gasteiger partial charge in [0.05, 0.1) is 6.33 Å². The Morgan fingerprint density at radius 2 is 1.88 bits per heavy atom. The zero-order valence-electron chi connectivity index (χ0n) is 19.8. The van der Waals surface area contributed by atoms with E-state index in [9.17, 15) is 9.59 Å². The molecule has 0 fully saturated rings. The van der Waals surface area contributed by atoms with Gasteiger partial charge in [0, 0.05) is 44.5 Å². The van der Waals surface area contributed by atoms with E-state index in [4.69, 9.17) is 16.6 Å². The van der Waals surface area contributed by atoms with Gasteiger partial charge < -0.3 is 25.4 Å². The Morgan fingerprint density at radius 1 is 1.12 bits per heavy atom. The molecule has 34 heavy (non-hydrogen) atoms. The molecule has 0 spiro atoms. The number of fused-ring (bicyclic) bond motifs is 1. The molecule has 0 aliphatic heterocycles. The number of carbonyl (C=O) groups excluding carboxylic acids is 2. The maximum absolute atomic E-state index is 11.9. The summed E-state index contributed by atoms with van der Waals surface area (Å²) in [6, 6.07) is 7.53. The van der Waals surface area contributed by atoms with Crippen LogP contribution < -0.4 is 20.4 Å². The minimum atomic E-state index is -0.178. The number of imidazole rings is 1. The van der Waals surface area contributed by atoms with Crippen LogP contribution >= 0.6 is 11.6 Å². The van der Waals surface area contributed by atoms with Gasteiger partial charge in [-0.2, -0.15) is 9.97 Å². The summed E-state index contributed by atoms with van der Waals surface area (Å²) >= 11 is 5.54. The van der Waals surface area contributed by atoms with Crippen molar-refractivity contribution in [1.29, 1.82) is 0 Å². The zero-order chi connectivity index (χ0) is 24.5. The molecule has 3 aromatic rings. The van der Waals surface area contributed by atoms with Crippen LogP contribution in [0.4, 0.5) is 23.1 Å². The van der Waals surface area contributed by atoms with E-state index in [1.54, 1.807) is 18.3 Å². The lowest BCUT2D eigenvalue weighted by Crippen LogP contribution is -2.31. The number of aromatic nitrogens is 4. The minimum Gasteiger partial charge on any atom is -0.355 e. The van der Waals surface area contributed by atoms with Crippen LogP contribution in [-0.4, -0.2) is 64.3 Å². The fourth-order valence-corrected chi connectivity index (χ4v) is 3.61. The molecule has 182 valence electrons. The second kappa shape index (κ2) is 12.2. The number of hydrogen-bond donors (Lipinski definition) is 3. The molecule has 0 unspecified atom stereocenters. The summed E-state index contributed by atoms with van der Waals surface area (Å²) in [6.07, 6.45) is 3.72. The monoisotopic (exact) mass is 486 g/mol. The number of amides is 2. The number of halogens is 1. The van der Waals surface area contributed by atoms with Gasteiger partial charge in [-0.05, 0) is 37.1 Å². The second-order valence-electron chi connectivity index (χ2n) is 7.77. The highest BCUT2D eigenvalue weighted by Crippen LogP contribution is 2.26. The van der Waals surface area contributed by atoms with Crippen LogP contribution in [0.2, 0.25) is 0 Å². The summed E-state index contributed by atoms with van der Waals surface area (Å²) in [6.45, 7) is 5.96. The summed E-state index contributed by atoms with van der Waals surface area (Å²) in [5.74, 6) is 0.998. The van der Waals surface area contributed by atoms with Crippen LogP contribution in [0.1, 0.15) is 33.1 Å². The van der Waals surface area contributed by atoms with Crippen molar-refractivity contribution >= 4 is 57.7 Å². The highest BCUT2D eigenvalue weighted by Gasteiger charge is 2.17. The standard InChI is InChI=1S/C23H31ClN8O2/c1-4-12-32(13-6-11-25-18(33)14-24)22-20-21(27-15-26-20)29-23(30-22)28-16-7-9-17(10-8-16)31(3)19(34)5-2/h7-10,15H,4-6,11-14H2,1-3H3,(H,25,33)(H2,26,27,28,29,30). The number of hydrogen-bond acceptors (Lipinski definition) is 7. The number of rotatable bonds is 12. The number of benzene rings is 1. The van der Waals surface area contributed by atoms with Gasteiger partial charge in [0.1, 0.15) is 5.88 Å². The Balaban J connectivity index is 1.79. The van der Waals surface area contributed by atoms with Crippen LogP contribution in [0, 0.1) is 0 Å². The highest BCUT2D eigenvalue weighted by atomic mass is 35.5. The smallest absolute Gasteiger partial charge is 0.234 e. The summed E-state index contributed by atoms with van der Waals surface area (Å²) in [7, 11) is 1.76. The van der Waals surface area contributed by atoms with E-state index in [0.717, 1.165) is 36.6 Å². The first-order valence-electron chi connectivity index (χ1n) is 11.4. The van der Waals surface area contributed by atoms with Gasteiger partial charge in [0.2, 0.25) is 17.8 Å². The van der Waals surface area contributed by atoms with Gasteiger partial charge in [0.25, 0.3) is 0 Å². The van der Waals surface area contributed by atoms with Crippen LogP contribution in [0.15, 0.2) is 30.6 Å². The normalized spacial score (nSPS) is 10.8. The lowest BCUT2D eigenvalue weighted by atomic mass is 10.2. The summed E-state index contributed by atoms with van der Waals surface area (Å²) in [5, 5.41) is 6.04. The summed E-state index contributed by atoms with van der Waals surface area (Å²) in [4.78, 5) is 43.9. The predicted octanol–water partition coefficient (Wildman–Crippen LogP) is 3.43. The van der Waals surface area contributed by atoms with Crippen molar-refractivity contribution in [2.75, 3.05) is 47.7 Å². The molecular weight excluding hydrogens is 456 g/mol. The predicted molar refractivity (Wildman–Crippen MR) is 136 cm³/mol. The summed E-state index contributed by atoms with van der Waals surface area (Å²) < 4.78 is 0. The molecule has 0 aliphatic carbocycles. The van der Waals surface area contributed by atoms with Crippen molar-refractivity contribution in [3.63, 3.8) is 0 Å². The lowest BCUT2D eigenvalue weighted by molar-refractivity contribution is -0.119. The molecule has 0 aliphatic rings. The Bertz CT molecular complexity index is 1100. The molecule has 3 rings (SSSR count). The van der Waals surface area contributed by atoms with Gasteiger partial charge in [-0.15, -0.1) is 11.6 Å². The van der Waals surface area contributed by atoms with Crippen molar-refractivity contribution in [3.8, 4) is 0 Å². The van der Waals surface area contributed by atoms with Crippen molar-refractivity contribution in [2.24, 2.45) is 0 Å². The third-order valence-electron chi connectivity index (χ3n) is 5.29. The molecule has 0 atom stereocenters. The number of aromatic amines is 1. The average Bonchev–Trinajstić information content (AvgIpc) is 3.33. The molecule has 0 radical (unpaired) electrons. The average molecular weight is 487 g/mol. The number of nitrogens with zero attached hydrogens (tertiary/aromatic N) is 5. The van der Waals surface area contributed by atoms with E-state index >= 15 is 0 Å². The molecule has 2 aromatic heterocycles. The van der Waals surface area contributed by atoms with E-state index in [1.807, 2.05) is 31.2 Å². The molecule has 1 aromatic carbocycles. The van der Waals surface area contributed by atoms with E-state index in [2.05, 4.69) is 37.4 Å². The first-order chi connectivity index (χ1) is 16.5. The van der Waals surface area contributed by atoms with Crippen molar-refractivity contribution < 1.29 is 9.59 Å². The number of anilines is 4. The topological polar surface area (TPSA) is 119 Å². The molecule has 10 nitrogen and oxygen atoms in total. The largest absolute Gasteiger partial charge is 0.355 e. The molecule has 2 amide bonds. The van der Waals surface area contributed by atoms with Crippen LogP contribution in [-0.2, 0) is 9.59 Å². The Kier molecular flexibility index (Phi) is 9.03. The number of carbonyl (C=O) groups is 2. The molecule has 11 heteroatoms. The van der Waals surface area contributed by atoms with Gasteiger partial charge >= 0.3 is 0 Å². The van der Waals surface area contributed by atoms with Gasteiger partial charge in [0.15, 0.2) is 17.0 Å². The van der Waals surface area contributed by atoms with Crippen LogP contribution in [0.3, 0.4) is 0 Å². The van der Waals surface area contributed by atoms with E-state index < -0.39 is 0 Å². The maximum Gasteiger partial charge on any atom is 0.234 e. The number of alkyl halides is 1.